The molecule has 0 atom stereocenters. The summed E-state index contributed by atoms with van der Waals surface area (Å²) >= 11 is 0. The molecule has 0 unspecified atom stereocenters. The second-order valence-electron chi connectivity index (χ2n) is 6.03. The molecule has 2 fully saturated rings. The first-order valence-electron chi connectivity index (χ1n) is 6.88. The van der Waals surface area contributed by atoms with E-state index in [2.05, 4.69) is 36.1 Å². The Bertz CT molecular complexity index is 492. The Balaban J connectivity index is 1.76. The monoisotopic (exact) mass is 260 g/mol. The average molecular weight is 260 g/mol. The van der Waals surface area contributed by atoms with Crippen LogP contribution in [0, 0.1) is 11.3 Å². The molecule has 1 aromatic rings. The van der Waals surface area contributed by atoms with Crippen LogP contribution in [0.5, 0.6) is 0 Å². The van der Waals surface area contributed by atoms with E-state index < -0.39 is 0 Å². The van der Waals surface area contributed by atoms with Gasteiger partial charge in [0.2, 0.25) is 0 Å². The number of hydrogen-bond donors (Lipinski definition) is 0. The minimum absolute atomic E-state index is 0.127. The van der Waals surface area contributed by atoms with Gasteiger partial charge in [-0.25, -0.2) is 0 Å². The first kappa shape index (κ1) is 12.6. The summed E-state index contributed by atoms with van der Waals surface area (Å²) in [5, 5.41) is 13.6. The Morgan fingerprint density at radius 1 is 1.53 bits per heavy atom. The maximum atomic E-state index is 9.11. The molecule has 2 aliphatic rings. The Hall–Kier alpha value is -1.38. The van der Waals surface area contributed by atoms with Crippen LogP contribution in [0.4, 0.5) is 0 Å². The molecule has 2 saturated heterocycles. The van der Waals surface area contributed by atoms with Crippen LogP contribution < -0.4 is 0 Å². The maximum Gasteiger partial charge on any atom is 0.101 e. The zero-order chi connectivity index (χ0) is 13.5. The van der Waals surface area contributed by atoms with E-state index >= 15 is 0 Å². The van der Waals surface area contributed by atoms with E-state index in [9.17, 15) is 0 Å². The highest BCUT2D eigenvalue weighted by atomic mass is 16.5. The van der Waals surface area contributed by atoms with Crippen LogP contribution in [0.2, 0.25) is 0 Å². The number of hydrogen-bond acceptors (Lipinski definition) is 4. The molecule has 3 rings (SSSR count). The number of nitrogens with zero attached hydrogens (tertiary/aromatic N) is 4. The second kappa shape index (κ2) is 4.62. The molecule has 102 valence electrons. The Labute approximate surface area is 113 Å². The lowest BCUT2D eigenvalue weighted by Gasteiger charge is -2.54. The molecule has 2 aliphatic heterocycles. The van der Waals surface area contributed by atoms with Gasteiger partial charge in [0.15, 0.2) is 0 Å². The summed E-state index contributed by atoms with van der Waals surface area (Å²) in [6.07, 6.45) is 4.56. The minimum Gasteiger partial charge on any atom is -0.378 e. The summed E-state index contributed by atoms with van der Waals surface area (Å²) in [5.41, 5.74) is 1.11. The summed E-state index contributed by atoms with van der Waals surface area (Å²) in [7, 11) is 0. The van der Waals surface area contributed by atoms with Crippen molar-refractivity contribution in [2.24, 2.45) is 0 Å². The third-order valence-electron chi connectivity index (χ3n) is 4.30. The molecule has 0 spiro atoms. The van der Waals surface area contributed by atoms with Crippen molar-refractivity contribution < 1.29 is 4.74 Å². The summed E-state index contributed by atoms with van der Waals surface area (Å²) in [4.78, 5) is 2.40. The van der Waals surface area contributed by atoms with Gasteiger partial charge in [0.05, 0.1) is 37.9 Å². The average Bonchev–Trinajstić information content (AvgIpc) is 2.72. The van der Waals surface area contributed by atoms with Crippen molar-refractivity contribution in [1.82, 2.24) is 14.7 Å². The first-order chi connectivity index (χ1) is 9.14. The number of ether oxygens (including phenoxy) is 1. The van der Waals surface area contributed by atoms with Gasteiger partial charge in [-0.2, -0.15) is 10.4 Å². The summed E-state index contributed by atoms with van der Waals surface area (Å²) in [6.45, 7) is 7.81. The fraction of sp³-hybridized carbons (Fsp3) is 0.714. The highest BCUT2D eigenvalue weighted by Gasteiger charge is 2.49. The summed E-state index contributed by atoms with van der Waals surface area (Å²) in [5.74, 6) is 0.476. The Morgan fingerprint density at radius 3 is 2.74 bits per heavy atom. The topological polar surface area (TPSA) is 54.1 Å². The molecule has 0 aliphatic carbocycles. The molecular formula is C14H20N4O. The van der Waals surface area contributed by atoms with E-state index in [-0.39, 0.29) is 5.54 Å². The Morgan fingerprint density at radius 2 is 2.26 bits per heavy atom. The summed E-state index contributed by atoms with van der Waals surface area (Å²) < 4.78 is 7.25. The van der Waals surface area contributed by atoms with Gasteiger partial charge in [-0.15, -0.1) is 0 Å². The number of likely N-dealkylation sites (tertiary alicyclic amines) is 1. The lowest BCUT2D eigenvalue weighted by atomic mass is 9.85. The maximum absolute atomic E-state index is 9.11. The molecule has 0 amide bonds. The van der Waals surface area contributed by atoms with Crippen molar-refractivity contribution in [1.29, 1.82) is 5.26 Å². The van der Waals surface area contributed by atoms with Crippen molar-refractivity contribution >= 4 is 0 Å². The second-order valence-corrected chi connectivity index (χ2v) is 6.03. The van der Waals surface area contributed by atoms with Gasteiger partial charge in [0, 0.05) is 19.3 Å². The molecular weight excluding hydrogens is 240 g/mol. The zero-order valence-corrected chi connectivity index (χ0v) is 11.5. The van der Waals surface area contributed by atoms with E-state index in [0.29, 0.717) is 18.4 Å². The third kappa shape index (κ3) is 2.05. The SMILES string of the molecule is CC(C)c1cnn(C2(CC#N)CN(C3COC3)C2)c1. The molecule has 0 N–H and O–H groups in total. The molecule has 1 aromatic heterocycles. The van der Waals surface area contributed by atoms with Crippen LogP contribution in [0.25, 0.3) is 0 Å². The molecule has 19 heavy (non-hydrogen) atoms. The quantitative estimate of drug-likeness (QED) is 0.819. The fourth-order valence-electron chi connectivity index (χ4n) is 2.78. The van der Waals surface area contributed by atoms with Crippen LogP contribution in [0.1, 0.15) is 31.7 Å². The Kier molecular flexibility index (Phi) is 3.08. The van der Waals surface area contributed by atoms with Crippen molar-refractivity contribution in [3.05, 3.63) is 18.0 Å². The van der Waals surface area contributed by atoms with E-state index in [1.165, 1.54) is 5.56 Å². The minimum atomic E-state index is -0.127. The van der Waals surface area contributed by atoms with Gasteiger partial charge in [0.25, 0.3) is 0 Å². The molecule has 0 radical (unpaired) electrons. The lowest BCUT2D eigenvalue weighted by Crippen LogP contribution is -2.68. The third-order valence-corrected chi connectivity index (χ3v) is 4.30. The van der Waals surface area contributed by atoms with E-state index in [0.717, 1.165) is 26.3 Å². The van der Waals surface area contributed by atoms with Crippen molar-refractivity contribution in [2.75, 3.05) is 26.3 Å². The van der Waals surface area contributed by atoms with Gasteiger partial charge in [-0.1, -0.05) is 13.8 Å². The van der Waals surface area contributed by atoms with Gasteiger partial charge in [-0.05, 0) is 11.5 Å². The predicted octanol–water partition coefficient (Wildman–Crippen LogP) is 1.33. The van der Waals surface area contributed by atoms with Crippen molar-refractivity contribution in [2.45, 2.75) is 37.8 Å². The number of nitriles is 1. The zero-order valence-electron chi connectivity index (χ0n) is 11.5. The molecule has 5 nitrogen and oxygen atoms in total. The highest BCUT2D eigenvalue weighted by molar-refractivity contribution is 5.14. The highest BCUT2D eigenvalue weighted by Crippen LogP contribution is 2.35. The largest absolute Gasteiger partial charge is 0.378 e. The predicted molar refractivity (Wildman–Crippen MR) is 70.7 cm³/mol. The molecule has 0 bridgehead atoms. The van der Waals surface area contributed by atoms with Gasteiger partial charge in [0.1, 0.15) is 5.54 Å². The standard InChI is InChI=1S/C14H20N4O/c1-11(2)12-5-16-18(6-12)14(3-4-15)9-17(10-14)13-7-19-8-13/h5-6,11,13H,3,7-10H2,1-2H3. The molecule has 0 aromatic carbocycles. The normalized spacial score (nSPS) is 22.8. The first-order valence-corrected chi connectivity index (χ1v) is 6.88. The lowest BCUT2D eigenvalue weighted by molar-refractivity contribution is -0.127. The smallest absolute Gasteiger partial charge is 0.101 e. The van der Waals surface area contributed by atoms with Gasteiger partial charge >= 0.3 is 0 Å². The molecule has 0 saturated carbocycles. The molecule has 3 heterocycles. The molecule has 5 heteroatoms. The van der Waals surface area contributed by atoms with Crippen LogP contribution in [0.15, 0.2) is 12.4 Å². The van der Waals surface area contributed by atoms with E-state index in [1.54, 1.807) is 0 Å². The summed E-state index contributed by atoms with van der Waals surface area (Å²) in [6, 6.07) is 2.87. The number of rotatable bonds is 4. The van der Waals surface area contributed by atoms with Crippen molar-refractivity contribution in [3.63, 3.8) is 0 Å². The van der Waals surface area contributed by atoms with Gasteiger partial charge < -0.3 is 4.74 Å². The van der Waals surface area contributed by atoms with Crippen LogP contribution in [-0.2, 0) is 10.3 Å². The van der Waals surface area contributed by atoms with E-state index in [1.807, 2.05) is 10.9 Å². The van der Waals surface area contributed by atoms with E-state index in [4.69, 9.17) is 10.00 Å². The van der Waals surface area contributed by atoms with Crippen molar-refractivity contribution in [3.8, 4) is 6.07 Å². The van der Waals surface area contributed by atoms with Crippen LogP contribution in [-0.4, -0.2) is 47.0 Å². The van der Waals surface area contributed by atoms with Gasteiger partial charge in [-0.3, -0.25) is 9.58 Å². The van der Waals surface area contributed by atoms with Crippen LogP contribution >= 0.6 is 0 Å². The fourth-order valence-corrected chi connectivity index (χ4v) is 2.78. The number of aromatic nitrogens is 2. The van der Waals surface area contributed by atoms with Crippen LogP contribution in [0.3, 0.4) is 0 Å².